The number of carbonyl (C=O) groups excluding carboxylic acids is 1. The Morgan fingerprint density at radius 1 is 1.00 bits per heavy atom. The molecule has 2 fully saturated rings. The van der Waals surface area contributed by atoms with E-state index in [1.807, 2.05) is 18.2 Å². The number of nitrogens with one attached hydrogen (secondary N) is 1. The molecule has 12 heteroatoms. The number of carbonyl (C=O) groups is 1. The molecule has 11 nitrogen and oxygen atoms in total. The van der Waals surface area contributed by atoms with Gasteiger partial charge in [-0.25, -0.2) is 14.1 Å². The van der Waals surface area contributed by atoms with Crippen LogP contribution in [0.25, 0.3) is 34.8 Å². The van der Waals surface area contributed by atoms with E-state index >= 15 is 0 Å². The first-order valence-corrected chi connectivity index (χ1v) is 13.7. The van der Waals surface area contributed by atoms with Gasteiger partial charge < -0.3 is 24.6 Å². The van der Waals surface area contributed by atoms with Crippen LogP contribution in [0.4, 0.5) is 10.2 Å². The Morgan fingerprint density at radius 2 is 1.71 bits per heavy atom. The lowest BCUT2D eigenvalue weighted by atomic mass is 9.91. The second kappa shape index (κ2) is 13.8. The number of pyridine rings is 1. The van der Waals surface area contributed by atoms with Crippen LogP contribution < -0.4 is 16.1 Å². The summed E-state index contributed by atoms with van der Waals surface area (Å²) in [5.41, 5.74) is 8.06. The molecule has 1 aromatic carbocycles. The van der Waals surface area contributed by atoms with Crippen molar-refractivity contribution in [3.8, 4) is 22.5 Å². The minimum Gasteiger partial charge on any atom is -0.381 e. The van der Waals surface area contributed by atoms with Crippen LogP contribution in [0.5, 0.6) is 0 Å². The third kappa shape index (κ3) is 6.78. The highest BCUT2D eigenvalue weighted by atomic mass is 19.1. The summed E-state index contributed by atoms with van der Waals surface area (Å²) in [5, 5.41) is 17.7. The van der Waals surface area contributed by atoms with E-state index < -0.39 is 0 Å². The van der Waals surface area contributed by atoms with Gasteiger partial charge in [0.25, 0.3) is 0 Å². The zero-order valence-electron chi connectivity index (χ0n) is 23.0. The zero-order chi connectivity index (χ0) is 29.3. The SMILES string of the molecule is N=c1ccc(-c2c(-c3ccc(F)cc3)noc2C2CCOCC2)nn1/C=C/c1ccnc(N2CCOCC2)c1.NC=O. The number of ether oxygens (including phenoxy) is 2. The van der Waals surface area contributed by atoms with Crippen molar-refractivity contribution < 1.29 is 23.2 Å². The van der Waals surface area contributed by atoms with Crippen LogP contribution in [0.3, 0.4) is 0 Å². The third-order valence-corrected chi connectivity index (χ3v) is 7.06. The first-order chi connectivity index (χ1) is 20.6. The van der Waals surface area contributed by atoms with Crippen molar-refractivity contribution in [3.63, 3.8) is 0 Å². The molecule has 0 aliphatic carbocycles. The Hall–Kier alpha value is -4.68. The number of nitrogens with two attached hydrogens (primary N) is 1. The van der Waals surface area contributed by atoms with Crippen molar-refractivity contribution in [2.24, 2.45) is 5.73 Å². The molecule has 0 atom stereocenters. The fourth-order valence-electron chi connectivity index (χ4n) is 4.94. The molecule has 1 amide bonds. The average Bonchev–Trinajstić information content (AvgIpc) is 3.48. The summed E-state index contributed by atoms with van der Waals surface area (Å²) >= 11 is 0. The molecule has 0 bridgehead atoms. The number of primary amides is 1. The van der Waals surface area contributed by atoms with Gasteiger partial charge in [0.05, 0.1) is 24.5 Å². The minimum atomic E-state index is -0.319. The summed E-state index contributed by atoms with van der Waals surface area (Å²) in [6, 6.07) is 13.6. The smallest absolute Gasteiger partial charge is 0.204 e. The standard InChI is InChI=1S/C29H29FN6O3.CH3NO/c30-23-3-1-21(2-4-23)28-27(29(39-34-28)22-9-15-37-16-10-22)24-5-6-25(31)36(33-24)12-8-20-7-11-32-26(19-20)35-13-17-38-18-14-35;2-1-3/h1-8,11-12,19,22,31H,9-10,13-18H2;1H,(H2,2,3)/b12-8+,31-25?;. The van der Waals surface area contributed by atoms with Crippen LogP contribution in [0.15, 0.2) is 59.3 Å². The number of hydrogen-bond donors (Lipinski definition) is 2. The maximum absolute atomic E-state index is 13.7. The summed E-state index contributed by atoms with van der Waals surface area (Å²) in [6.45, 7) is 4.29. The molecule has 2 aliphatic heterocycles. The largest absolute Gasteiger partial charge is 0.381 e. The van der Waals surface area contributed by atoms with E-state index in [-0.39, 0.29) is 23.6 Å². The zero-order valence-corrected chi connectivity index (χ0v) is 23.0. The predicted octanol–water partition coefficient (Wildman–Crippen LogP) is 3.68. The molecule has 5 heterocycles. The fourth-order valence-corrected chi connectivity index (χ4v) is 4.94. The summed E-state index contributed by atoms with van der Waals surface area (Å²) in [7, 11) is 0. The van der Waals surface area contributed by atoms with E-state index in [0.29, 0.717) is 37.8 Å². The summed E-state index contributed by atoms with van der Waals surface area (Å²) in [5.74, 6) is 1.45. The number of nitrogens with zero attached hydrogens (tertiary/aromatic N) is 5. The molecule has 0 unspecified atom stereocenters. The number of rotatable bonds is 6. The van der Waals surface area contributed by atoms with Crippen LogP contribution in [-0.4, -0.2) is 65.8 Å². The number of aromatic nitrogens is 4. The second-order valence-electron chi connectivity index (χ2n) is 9.71. The first-order valence-electron chi connectivity index (χ1n) is 13.7. The highest BCUT2D eigenvalue weighted by Crippen LogP contribution is 2.40. The van der Waals surface area contributed by atoms with Gasteiger partial charge in [0.15, 0.2) is 0 Å². The molecule has 2 aliphatic rings. The van der Waals surface area contributed by atoms with E-state index in [1.54, 1.807) is 36.7 Å². The van der Waals surface area contributed by atoms with Crippen molar-refractivity contribution in [3.05, 3.63) is 77.4 Å². The minimum absolute atomic E-state index is 0.132. The van der Waals surface area contributed by atoms with Gasteiger partial charge in [-0.05, 0) is 73.0 Å². The summed E-state index contributed by atoms with van der Waals surface area (Å²) in [4.78, 5) is 15.3. The average molecular weight is 574 g/mol. The van der Waals surface area contributed by atoms with Crippen LogP contribution in [0.2, 0.25) is 0 Å². The number of hydrogen-bond acceptors (Lipinski definition) is 9. The Kier molecular flexibility index (Phi) is 9.47. The van der Waals surface area contributed by atoms with Crippen molar-refractivity contribution in [2.75, 3.05) is 44.4 Å². The summed E-state index contributed by atoms with van der Waals surface area (Å²) in [6.07, 6.45) is 7.34. The number of benzene rings is 1. The lowest BCUT2D eigenvalue weighted by Crippen LogP contribution is -2.36. The third-order valence-electron chi connectivity index (χ3n) is 7.06. The molecular weight excluding hydrogens is 541 g/mol. The van der Waals surface area contributed by atoms with Crippen LogP contribution in [0.1, 0.15) is 30.1 Å². The fraction of sp³-hybridized carbons (Fsp3) is 0.300. The molecule has 3 N–H and O–H groups in total. The maximum Gasteiger partial charge on any atom is 0.204 e. The van der Waals surface area contributed by atoms with Gasteiger partial charge in [-0.2, -0.15) is 5.10 Å². The number of halogens is 1. The molecule has 218 valence electrons. The van der Waals surface area contributed by atoms with Gasteiger partial charge in [0, 0.05) is 50.2 Å². The Labute approximate surface area is 241 Å². The Balaban J connectivity index is 0.00000113. The van der Waals surface area contributed by atoms with Gasteiger partial charge in [0.1, 0.15) is 28.6 Å². The quantitative estimate of drug-likeness (QED) is 0.332. The van der Waals surface area contributed by atoms with Crippen molar-refractivity contribution in [1.82, 2.24) is 19.9 Å². The molecule has 0 radical (unpaired) electrons. The van der Waals surface area contributed by atoms with E-state index in [2.05, 4.69) is 20.8 Å². The maximum atomic E-state index is 13.7. The number of amides is 1. The van der Waals surface area contributed by atoms with Gasteiger partial charge in [-0.1, -0.05) is 5.16 Å². The lowest BCUT2D eigenvalue weighted by Gasteiger charge is -2.27. The Bertz CT molecular complexity index is 1570. The van der Waals surface area contributed by atoms with Gasteiger partial charge in [-0.15, -0.1) is 0 Å². The Morgan fingerprint density at radius 3 is 2.45 bits per heavy atom. The highest BCUT2D eigenvalue weighted by molar-refractivity contribution is 5.80. The normalized spacial score (nSPS) is 15.8. The van der Waals surface area contributed by atoms with Crippen LogP contribution in [-0.2, 0) is 14.3 Å². The molecule has 4 aromatic rings. The van der Waals surface area contributed by atoms with Gasteiger partial charge in [0.2, 0.25) is 6.41 Å². The van der Waals surface area contributed by atoms with E-state index in [4.69, 9.17) is 29.3 Å². The first kappa shape index (κ1) is 28.8. The van der Waals surface area contributed by atoms with E-state index in [0.717, 1.165) is 54.2 Å². The number of morpholine rings is 1. The van der Waals surface area contributed by atoms with Crippen LogP contribution >= 0.6 is 0 Å². The highest BCUT2D eigenvalue weighted by Gasteiger charge is 2.28. The molecular formula is C30H32FN7O4. The molecule has 0 spiro atoms. The molecule has 0 saturated carbocycles. The molecule has 2 saturated heterocycles. The van der Waals surface area contributed by atoms with Crippen molar-refractivity contribution in [1.29, 1.82) is 5.41 Å². The van der Waals surface area contributed by atoms with Crippen molar-refractivity contribution in [2.45, 2.75) is 18.8 Å². The molecule has 3 aromatic heterocycles. The van der Waals surface area contributed by atoms with Crippen molar-refractivity contribution >= 4 is 24.5 Å². The lowest BCUT2D eigenvalue weighted by molar-refractivity contribution is -0.106. The molecule has 6 rings (SSSR count). The van der Waals surface area contributed by atoms with Crippen LogP contribution in [0, 0.1) is 11.2 Å². The molecule has 42 heavy (non-hydrogen) atoms. The summed E-state index contributed by atoms with van der Waals surface area (Å²) < 4.78 is 32.1. The second-order valence-corrected chi connectivity index (χ2v) is 9.71. The number of anilines is 1. The van der Waals surface area contributed by atoms with Gasteiger partial charge >= 0.3 is 0 Å². The topological polar surface area (TPSA) is 145 Å². The van der Waals surface area contributed by atoms with Gasteiger partial charge in [-0.3, -0.25) is 10.2 Å². The van der Waals surface area contributed by atoms with E-state index in [9.17, 15) is 4.39 Å². The van der Waals surface area contributed by atoms with E-state index in [1.165, 1.54) is 16.8 Å². The monoisotopic (exact) mass is 573 g/mol. The predicted molar refractivity (Wildman–Crippen MR) is 155 cm³/mol.